The highest BCUT2D eigenvalue weighted by Gasteiger charge is 2.36. The monoisotopic (exact) mass is 517 g/mol. The third-order valence-corrected chi connectivity index (χ3v) is 8.80. The largest absolute Gasteiger partial charge is 0.495 e. The average Bonchev–Trinajstić information content (AvgIpc) is 3.47. The number of aryl methyl sites for hydroxylation is 2. The number of nitrogens with one attached hydrogen (secondary N) is 1. The van der Waals surface area contributed by atoms with Crippen molar-refractivity contribution >= 4 is 34.7 Å². The quantitative estimate of drug-likeness (QED) is 0.305. The van der Waals surface area contributed by atoms with Crippen molar-refractivity contribution in [1.82, 2.24) is 9.47 Å². The van der Waals surface area contributed by atoms with E-state index < -0.39 is 0 Å². The molecule has 1 aliphatic carbocycles. The van der Waals surface area contributed by atoms with Crippen LogP contribution in [-0.4, -0.2) is 22.6 Å². The van der Waals surface area contributed by atoms with Gasteiger partial charge in [0.1, 0.15) is 10.8 Å². The van der Waals surface area contributed by atoms with E-state index in [4.69, 9.17) is 16.3 Å². The van der Waals surface area contributed by atoms with Gasteiger partial charge in [-0.05, 0) is 74.1 Å². The normalized spacial score (nSPS) is 16.5. The van der Waals surface area contributed by atoms with Crippen LogP contribution in [0.1, 0.15) is 51.7 Å². The molecule has 184 valence electrons. The summed E-state index contributed by atoms with van der Waals surface area (Å²) in [7, 11) is 1.59. The molecular formula is C29H28ClN3O2S. The minimum atomic E-state index is -0.246. The first-order valence-electron chi connectivity index (χ1n) is 12.3. The fraction of sp³-hybridized carbons (Fsp3) is 0.276. The molecule has 5 nitrogen and oxygen atoms in total. The highest BCUT2D eigenvalue weighted by Crippen LogP contribution is 2.44. The lowest BCUT2D eigenvalue weighted by atomic mass is 9.95. The van der Waals surface area contributed by atoms with E-state index in [1.807, 2.05) is 16.2 Å². The molecule has 0 saturated carbocycles. The Bertz CT molecular complexity index is 1440. The zero-order valence-electron chi connectivity index (χ0n) is 20.4. The van der Waals surface area contributed by atoms with Gasteiger partial charge in [0.25, 0.3) is 0 Å². The molecule has 0 unspecified atom stereocenters. The number of urea groups is 1. The summed E-state index contributed by atoms with van der Waals surface area (Å²) in [5, 5.41) is 4.90. The third-order valence-electron chi connectivity index (χ3n) is 7.24. The van der Waals surface area contributed by atoms with E-state index in [1.165, 1.54) is 39.4 Å². The van der Waals surface area contributed by atoms with Crippen molar-refractivity contribution in [2.24, 2.45) is 0 Å². The maximum absolute atomic E-state index is 14.1. The van der Waals surface area contributed by atoms with Gasteiger partial charge >= 0.3 is 6.03 Å². The number of carbonyl (C=O) groups is 1. The number of carbonyl (C=O) groups excluding carboxylic acids is 1. The molecule has 36 heavy (non-hydrogen) atoms. The Balaban J connectivity index is 1.49. The van der Waals surface area contributed by atoms with Crippen LogP contribution < -0.4 is 10.1 Å². The van der Waals surface area contributed by atoms with Gasteiger partial charge in [-0.15, -0.1) is 11.3 Å². The number of nitrogens with zero attached hydrogens (tertiary/aromatic N) is 2. The summed E-state index contributed by atoms with van der Waals surface area (Å²) in [5.41, 5.74) is 6.63. The molecular weight excluding hydrogens is 490 g/mol. The maximum atomic E-state index is 14.1. The van der Waals surface area contributed by atoms with Gasteiger partial charge in [0.05, 0.1) is 31.1 Å². The van der Waals surface area contributed by atoms with Gasteiger partial charge in [-0.3, -0.25) is 0 Å². The van der Waals surface area contributed by atoms with Gasteiger partial charge < -0.3 is 19.5 Å². The second-order valence-corrected chi connectivity index (χ2v) is 11.0. The van der Waals surface area contributed by atoms with Crippen molar-refractivity contribution in [2.75, 3.05) is 12.4 Å². The average molecular weight is 518 g/mol. The zero-order chi connectivity index (χ0) is 24.8. The van der Waals surface area contributed by atoms with E-state index in [0.29, 0.717) is 23.0 Å². The van der Waals surface area contributed by atoms with E-state index in [1.54, 1.807) is 25.3 Å². The van der Waals surface area contributed by atoms with Gasteiger partial charge in [0.15, 0.2) is 0 Å². The Morgan fingerprint density at radius 3 is 2.69 bits per heavy atom. The molecule has 1 N–H and O–H groups in total. The predicted molar refractivity (Wildman–Crippen MR) is 146 cm³/mol. The number of rotatable bonds is 3. The SMILES string of the molecule is COc1ccc(Cl)cc1NC(=O)N1Cc2c(sc3c2CCCC3)-n2cccc2[C@@H]1c1ccc(C)cc1. The third kappa shape index (κ3) is 3.98. The minimum absolute atomic E-state index is 0.183. The molecule has 2 aliphatic rings. The van der Waals surface area contributed by atoms with Gasteiger partial charge in [-0.2, -0.15) is 0 Å². The van der Waals surface area contributed by atoms with Gasteiger partial charge in [-0.1, -0.05) is 41.4 Å². The molecule has 1 aliphatic heterocycles. The number of methoxy groups -OCH3 is 1. The summed E-state index contributed by atoms with van der Waals surface area (Å²) >= 11 is 8.16. The van der Waals surface area contributed by atoms with Gasteiger partial charge in [-0.25, -0.2) is 4.79 Å². The minimum Gasteiger partial charge on any atom is -0.495 e. The number of halogens is 1. The summed E-state index contributed by atoms with van der Waals surface area (Å²) < 4.78 is 7.81. The van der Waals surface area contributed by atoms with E-state index in [2.05, 4.69) is 59.4 Å². The molecule has 2 amide bonds. The number of thiophene rings is 1. The number of aromatic nitrogens is 1. The molecule has 2 aromatic heterocycles. The van der Waals surface area contributed by atoms with E-state index >= 15 is 0 Å². The number of hydrogen-bond donors (Lipinski definition) is 1. The Labute approximate surface area is 220 Å². The Morgan fingerprint density at radius 1 is 1.08 bits per heavy atom. The van der Waals surface area contributed by atoms with Crippen LogP contribution in [0.2, 0.25) is 5.02 Å². The first-order valence-corrected chi connectivity index (χ1v) is 13.5. The molecule has 1 atom stereocenters. The standard InChI is InChI=1S/C29H28ClN3O2S/c1-18-9-11-19(12-10-18)27-24-7-5-15-32(24)28-22(21-6-3-4-8-26(21)36-28)17-33(27)29(34)31-23-16-20(30)13-14-25(23)35-2/h5,7,9-16,27H,3-4,6,8,17H2,1-2H3,(H,31,34)/t27-/m0/s1. The highest BCUT2D eigenvalue weighted by atomic mass is 35.5. The van der Waals surface area contributed by atoms with Crippen LogP contribution in [-0.2, 0) is 19.4 Å². The molecule has 0 fully saturated rings. The van der Waals surface area contributed by atoms with Crippen LogP contribution in [0.5, 0.6) is 5.75 Å². The Morgan fingerprint density at radius 2 is 1.89 bits per heavy atom. The topological polar surface area (TPSA) is 46.5 Å². The van der Waals surface area contributed by atoms with Crippen LogP contribution in [0, 0.1) is 6.92 Å². The van der Waals surface area contributed by atoms with Crippen LogP contribution in [0.3, 0.4) is 0 Å². The number of amides is 2. The number of anilines is 1. The molecule has 0 bridgehead atoms. The van der Waals surface area contributed by atoms with Crippen LogP contribution in [0.15, 0.2) is 60.8 Å². The smallest absolute Gasteiger partial charge is 0.323 e. The molecule has 0 saturated heterocycles. The van der Waals surface area contributed by atoms with Gasteiger partial charge in [0.2, 0.25) is 0 Å². The molecule has 7 heteroatoms. The molecule has 4 aromatic rings. The molecule has 0 radical (unpaired) electrons. The molecule has 2 aromatic carbocycles. The second kappa shape index (κ2) is 9.34. The molecule has 0 spiro atoms. The van der Waals surface area contributed by atoms with Crippen molar-refractivity contribution in [3.63, 3.8) is 0 Å². The van der Waals surface area contributed by atoms with E-state index in [0.717, 1.165) is 24.1 Å². The fourth-order valence-electron chi connectivity index (χ4n) is 5.45. The lowest BCUT2D eigenvalue weighted by Crippen LogP contribution is -2.38. The Kier molecular flexibility index (Phi) is 6.02. The predicted octanol–water partition coefficient (Wildman–Crippen LogP) is 7.53. The number of fused-ring (bicyclic) bond motifs is 5. The summed E-state index contributed by atoms with van der Waals surface area (Å²) in [6.07, 6.45) is 6.76. The lowest BCUT2D eigenvalue weighted by molar-refractivity contribution is 0.194. The summed E-state index contributed by atoms with van der Waals surface area (Å²) in [6.45, 7) is 2.62. The fourth-order valence-corrected chi connectivity index (χ4v) is 7.03. The zero-order valence-corrected chi connectivity index (χ0v) is 22.0. The van der Waals surface area contributed by atoms with Crippen molar-refractivity contribution < 1.29 is 9.53 Å². The molecule has 3 heterocycles. The Hall–Kier alpha value is -3.22. The van der Waals surface area contributed by atoms with Crippen molar-refractivity contribution in [3.05, 3.63) is 98.6 Å². The van der Waals surface area contributed by atoms with Crippen molar-refractivity contribution in [3.8, 4) is 10.8 Å². The number of hydrogen-bond acceptors (Lipinski definition) is 3. The van der Waals surface area contributed by atoms with Crippen LogP contribution >= 0.6 is 22.9 Å². The summed E-state index contributed by atoms with van der Waals surface area (Å²) in [6, 6.07) is 17.5. The van der Waals surface area contributed by atoms with Crippen LogP contribution in [0.25, 0.3) is 5.00 Å². The first kappa shape index (κ1) is 23.2. The van der Waals surface area contributed by atoms with Crippen molar-refractivity contribution in [2.45, 2.75) is 45.2 Å². The highest BCUT2D eigenvalue weighted by molar-refractivity contribution is 7.15. The maximum Gasteiger partial charge on any atom is 0.323 e. The lowest BCUT2D eigenvalue weighted by Gasteiger charge is -2.31. The summed E-state index contributed by atoms with van der Waals surface area (Å²) in [5.74, 6) is 0.575. The number of ether oxygens (including phenoxy) is 1. The second-order valence-electron chi connectivity index (χ2n) is 9.51. The van der Waals surface area contributed by atoms with Crippen molar-refractivity contribution in [1.29, 1.82) is 0 Å². The number of benzene rings is 2. The van der Waals surface area contributed by atoms with Gasteiger partial charge in [0, 0.05) is 21.7 Å². The molecule has 6 rings (SSSR count). The summed E-state index contributed by atoms with van der Waals surface area (Å²) in [4.78, 5) is 17.5. The van der Waals surface area contributed by atoms with Crippen LogP contribution in [0.4, 0.5) is 10.5 Å². The van der Waals surface area contributed by atoms with E-state index in [-0.39, 0.29) is 12.1 Å². The van der Waals surface area contributed by atoms with E-state index in [9.17, 15) is 4.79 Å². The first-order chi connectivity index (χ1) is 17.5.